The highest BCUT2D eigenvalue weighted by molar-refractivity contribution is 5.86. The zero-order chi connectivity index (χ0) is 13.1. The Morgan fingerprint density at radius 1 is 1.33 bits per heavy atom. The summed E-state index contributed by atoms with van der Waals surface area (Å²) in [6, 6.07) is 9.33. The van der Waals surface area contributed by atoms with Crippen molar-refractivity contribution in [3.63, 3.8) is 0 Å². The van der Waals surface area contributed by atoms with Gasteiger partial charge in [0.15, 0.2) is 0 Å². The first-order valence-electron chi connectivity index (χ1n) is 6.25. The summed E-state index contributed by atoms with van der Waals surface area (Å²) in [5.41, 5.74) is 7.99. The summed E-state index contributed by atoms with van der Waals surface area (Å²) < 4.78 is 0. The molecule has 0 aromatic heterocycles. The minimum atomic E-state index is -0.457. The van der Waals surface area contributed by atoms with Crippen molar-refractivity contribution in [2.75, 3.05) is 5.32 Å². The Labute approximate surface area is 107 Å². The van der Waals surface area contributed by atoms with Crippen molar-refractivity contribution >= 4 is 11.6 Å². The zero-order valence-electron chi connectivity index (χ0n) is 10.7. The van der Waals surface area contributed by atoms with Gasteiger partial charge < -0.3 is 16.4 Å². The van der Waals surface area contributed by atoms with Gasteiger partial charge in [0.25, 0.3) is 0 Å². The van der Waals surface area contributed by atoms with Crippen LogP contribution in [-0.4, -0.2) is 11.9 Å². The first-order chi connectivity index (χ1) is 8.63. The number of carbonyl (C=O) groups is 1. The molecule has 4 N–H and O–H groups in total. The van der Waals surface area contributed by atoms with E-state index in [9.17, 15) is 4.79 Å². The average Bonchev–Trinajstić information content (AvgIpc) is 2.38. The van der Waals surface area contributed by atoms with Crippen molar-refractivity contribution in [1.82, 2.24) is 5.32 Å². The Balaban J connectivity index is 2.29. The van der Waals surface area contributed by atoms with E-state index in [2.05, 4.69) is 17.6 Å². The molecule has 0 bridgehead atoms. The smallest absolute Gasteiger partial charge is 0.242 e. The molecule has 4 heteroatoms. The lowest BCUT2D eigenvalue weighted by Crippen LogP contribution is -2.50. The quantitative estimate of drug-likeness (QED) is 0.761. The molecular formula is C14H19N3O. The van der Waals surface area contributed by atoms with Gasteiger partial charge in [-0.2, -0.15) is 0 Å². The van der Waals surface area contributed by atoms with Crippen molar-refractivity contribution in [3.8, 4) is 0 Å². The SMILES string of the molecule is CCC1=C(Nc2ccccc2)NC(=O)C(N)C1C. The number of rotatable bonds is 3. The Bertz CT molecular complexity index is 467. The maximum Gasteiger partial charge on any atom is 0.242 e. The number of nitrogens with two attached hydrogens (primary N) is 1. The van der Waals surface area contributed by atoms with Crippen LogP contribution >= 0.6 is 0 Å². The van der Waals surface area contributed by atoms with Gasteiger partial charge in [0.05, 0.1) is 6.04 Å². The molecule has 18 heavy (non-hydrogen) atoms. The lowest BCUT2D eigenvalue weighted by atomic mass is 9.88. The molecule has 1 aliphatic rings. The van der Waals surface area contributed by atoms with Crippen LogP contribution in [0.25, 0.3) is 0 Å². The number of anilines is 1. The summed E-state index contributed by atoms with van der Waals surface area (Å²) in [7, 11) is 0. The maximum atomic E-state index is 11.8. The number of nitrogens with one attached hydrogen (secondary N) is 2. The Morgan fingerprint density at radius 2 is 2.00 bits per heavy atom. The van der Waals surface area contributed by atoms with Crippen LogP contribution in [-0.2, 0) is 4.79 Å². The minimum absolute atomic E-state index is 0.0648. The molecule has 2 unspecified atom stereocenters. The Hall–Kier alpha value is -1.81. The van der Waals surface area contributed by atoms with Crippen LogP contribution in [0.2, 0.25) is 0 Å². The van der Waals surface area contributed by atoms with E-state index in [1.165, 1.54) is 0 Å². The molecular weight excluding hydrogens is 226 g/mol. The van der Waals surface area contributed by atoms with Crippen molar-refractivity contribution in [1.29, 1.82) is 0 Å². The predicted octanol–water partition coefficient (Wildman–Crippen LogP) is 1.81. The monoisotopic (exact) mass is 245 g/mol. The summed E-state index contributed by atoms with van der Waals surface area (Å²) in [5.74, 6) is 0.719. The summed E-state index contributed by atoms with van der Waals surface area (Å²) >= 11 is 0. The van der Waals surface area contributed by atoms with Crippen LogP contribution in [0.4, 0.5) is 5.69 Å². The lowest BCUT2D eigenvalue weighted by Gasteiger charge is -2.31. The molecule has 1 heterocycles. The molecule has 0 spiro atoms. The highest BCUT2D eigenvalue weighted by atomic mass is 16.2. The van der Waals surface area contributed by atoms with Gasteiger partial charge in [0.2, 0.25) is 5.91 Å². The Kier molecular flexibility index (Phi) is 3.67. The number of para-hydroxylation sites is 1. The number of hydrogen-bond donors (Lipinski definition) is 3. The van der Waals surface area contributed by atoms with Crippen LogP contribution < -0.4 is 16.4 Å². The van der Waals surface area contributed by atoms with Gasteiger partial charge in [-0.25, -0.2) is 0 Å². The first kappa shape index (κ1) is 12.6. The number of hydrogen-bond acceptors (Lipinski definition) is 3. The molecule has 0 radical (unpaired) electrons. The maximum absolute atomic E-state index is 11.8. The molecule has 0 fully saturated rings. The molecule has 0 saturated carbocycles. The van der Waals surface area contributed by atoms with Crippen molar-refractivity contribution in [2.24, 2.45) is 11.7 Å². The molecule has 0 aliphatic carbocycles. The van der Waals surface area contributed by atoms with E-state index in [4.69, 9.17) is 5.73 Å². The van der Waals surface area contributed by atoms with Gasteiger partial charge in [0, 0.05) is 11.6 Å². The fourth-order valence-electron chi connectivity index (χ4n) is 2.23. The summed E-state index contributed by atoms with van der Waals surface area (Å²) in [6.07, 6.45) is 0.865. The second-order valence-corrected chi connectivity index (χ2v) is 4.55. The zero-order valence-corrected chi connectivity index (χ0v) is 10.7. The van der Waals surface area contributed by atoms with E-state index < -0.39 is 6.04 Å². The third-order valence-corrected chi connectivity index (χ3v) is 3.38. The van der Waals surface area contributed by atoms with Crippen molar-refractivity contribution in [3.05, 3.63) is 41.7 Å². The van der Waals surface area contributed by atoms with E-state index in [1.807, 2.05) is 37.3 Å². The van der Waals surface area contributed by atoms with Gasteiger partial charge >= 0.3 is 0 Å². The molecule has 0 saturated heterocycles. The molecule has 2 atom stereocenters. The third-order valence-electron chi connectivity index (χ3n) is 3.38. The van der Waals surface area contributed by atoms with E-state index in [0.29, 0.717) is 0 Å². The van der Waals surface area contributed by atoms with Crippen LogP contribution in [0.5, 0.6) is 0 Å². The van der Waals surface area contributed by atoms with Crippen LogP contribution in [0, 0.1) is 5.92 Å². The minimum Gasteiger partial charge on any atom is -0.342 e. The average molecular weight is 245 g/mol. The predicted molar refractivity (Wildman–Crippen MR) is 72.7 cm³/mol. The molecule has 1 aromatic carbocycles. The third kappa shape index (κ3) is 2.38. The highest BCUT2D eigenvalue weighted by Crippen LogP contribution is 2.25. The highest BCUT2D eigenvalue weighted by Gasteiger charge is 2.31. The summed E-state index contributed by atoms with van der Waals surface area (Å²) in [5, 5.41) is 6.11. The molecule has 4 nitrogen and oxygen atoms in total. The van der Waals surface area contributed by atoms with E-state index in [-0.39, 0.29) is 11.8 Å². The van der Waals surface area contributed by atoms with Gasteiger partial charge in [-0.05, 0) is 24.1 Å². The second-order valence-electron chi connectivity index (χ2n) is 4.55. The van der Waals surface area contributed by atoms with E-state index >= 15 is 0 Å². The second kappa shape index (κ2) is 5.23. The number of amides is 1. The van der Waals surface area contributed by atoms with Crippen molar-refractivity contribution < 1.29 is 4.79 Å². The van der Waals surface area contributed by atoms with Gasteiger partial charge in [-0.1, -0.05) is 32.0 Å². The molecule has 1 amide bonds. The molecule has 1 aromatic rings. The number of benzene rings is 1. The largest absolute Gasteiger partial charge is 0.342 e. The summed E-state index contributed by atoms with van der Waals surface area (Å²) in [6.45, 7) is 4.07. The Morgan fingerprint density at radius 3 is 2.61 bits per heavy atom. The first-order valence-corrected chi connectivity index (χ1v) is 6.25. The van der Waals surface area contributed by atoms with Crippen molar-refractivity contribution in [2.45, 2.75) is 26.3 Å². The summed E-state index contributed by atoms with van der Waals surface area (Å²) in [4.78, 5) is 11.8. The fourth-order valence-corrected chi connectivity index (χ4v) is 2.23. The van der Waals surface area contributed by atoms with Crippen LogP contribution in [0.15, 0.2) is 41.7 Å². The molecule has 1 aliphatic heterocycles. The van der Waals surface area contributed by atoms with E-state index in [1.54, 1.807) is 0 Å². The molecule has 96 valence electrons. The fraction of sp³-hybridized carbons (Fsp3) is 0.357. The lowest BCUT2D eigenvalue weighted by molar-refractivity contribution is -0.122. The topological polar surface area (TPSA) is 67.1 Å². The molecule has 2 rings (SSSR count). The van der Waals surface area contributed by atoms with Gasteiger partial charge in [0.1, 0.15) is 5.82 Å². The van der Waals surface area contributed by atoms with E-state index in [0.717, 1.165) is 23.5 Å². The van der Waals surface area contributed by atoms with Crippen LogP contribution in [0.3, 0.4) is 0 Å². The number of carbonyl (C=O) groups excluding carboxylic acids is 1. The normalized spacial score (nSPS) is 23.8. The van der Waals surface area contributed by atoms with Crippen LogP contribution in [0.1, 0.15) is 20.3 Å². The standard InChI is InChI=1S/C14H19N3O/c1-3-11-9(2)12(15)14(18)17-13(11)16-10-7-5-4-6-8-10/h4-9,12,16H,3,15H2,1-2H3,(H,17,18). The van der Waals surface area contributed by atoms with Gasteiger partial charge in [-0.3, -0.25) is 4.79 Å². The van der Waals surface area contributed by atoms with Gasteiger partial charge in [-0.15, -0.1) is 0 Å².